The fourth-order valence-electron chi connectivity index (χ4n) is 2.18. The molecule has 0 fully saturated rings. The van der Waals surface area contributed by atoms with Crippen LogP contribution in [0.5, 0.6) is 5.75 Å². The quantitative estimate of drug-likeness (QED) is 0.640. The minimum absolute atomic E-state index is 0.794. The standard InChI is InChI=1S/C17H14BrNOS/c1-20-16-8-3-2-5-13(16)10-17-19-15(11-21-17)12-6-4-7-14(18)9-12/h2-9,11H,10H2,1H3. The maximum absolute atomic E-state index is 5.40. The number of hydrogen-bond donors (Lipinski definition) is 0. The third-order valence-electron chi connectivity index (χ3n) is 3.21. The number of halogens is 1. The van der Waals surface area contributed by atoms with Gasteiger partial charge >= 0.3 is 0 Å². The van der Waals surface area contributed by atoms with E-state index < -0.39 is 0 Å². The van der Waals surface area contributed by atoms with Gasteiger partial charge in [-0.1, -0.05) is 46.3 Å². The van der Waals surface area contributed by atoms with E-state index >= 15 is 0 Å². The molecule has 1 heterocycles. The molecule has 0 spiro atoms. The molecular weight excluding hydrogens is 346 g/mol. The van der Waals surface area contributed by atoms with Gasteiger partial charge in [-0.2, -0.15) is 0 Å². The summed E-state index contributed by atoms with van der Waals surface area (Å²) >= 11 is 5.18. The molecule has 3 aromatic rings. The van der Waals surface area contributed by atoms with Gasteiger partial charge < -0.3 is 4.74 Å². The lowest BCUT2D eigenvalue weighted by Crippen LogP contribution is -1.93. The fourth-order valence-corrected chi connectivity index (χ4v) is 3.41. The second-order valence-electron chi connectivity index (χ2n) is 4.63. The summed E-state index contributed by atoms with van der Waals surface area (Å²) in [6.07, 6.45) is 0.794. The van der Waals surface area contributed by atoms with Crippen molar-refractivity contribution in [3.8, 4) is 17.0 Å². The molecule has 0 aliphatic carbocycles. The van der Waals surface area contributed by atoms with E-state index in [1.807, 2.05) is 30.3 Å². The van der Waals surface area contributed by atoms with Crippen molar-refractivity contribution >= 4 is 27.3 Å². The Kier molecular flexibility index (Phi) is 4.36. The summed E-state index contributed by atoms with van der Waals surface area (Å²) in [7, 11) is 1.70. The predicted molar refractivity (Wildman–Crippen MR) is 91.1 cm³/mol. The fraction of sp³-hybridized carbons (Fsp3) is 0.118. The third kappa shape index (κ3) is 3.34. The SMILES string of the molecule is COc1ccccc1Cc1nc(-c2cccc(Br)c2)cs1. The van der Waals surface area contributed by atoms with Gasteiger partial charge in [0.05, 0.1) is 17.8 Å². The molecular formula is C17H14BrNOS. The molecule has 21 heavy (non-hydrogen) atoms. The van der Waals surface area contributed by atoms with Crippen molar-refractivity contribution in [2.75, 3.05) is 7.11 Å². The summed E-state index contributed by atoms with van der Waals surface area (Å²) in [5.41, 5.74) is 3.31. The van der Waals surface area contributed by atoms with Gasteiger partial charge in [0.1, 0.15) is 5.75 Å². The molecule has 3 rings (SSSR count). The highest BCUT2D eigenvalue weighted by molar-refractivity contribution is 9.10. The van der Waals surface area contributed by atoms with Crippen LogP contribution in [-0.4, -0.2) is 12.1 Å². The van der Waals surface area contributed by atoms with E-state index in [0.717, 1.165) is 38.5 Å². The monoisotopic (exact) mass is 359 g/mol. The first-order valence-electron chi connectivity index (χ1n) is 6.58. The first kappa shape index (κ1) is 14.3. The summed E-state index contributed by atoms with van der Waals surface area (Å²) < 4.78 is 6.46. The molecule has 0 amide bonds. The van der Waals surface area contributed by atoms with Gasteiger partial charge in [0.25, 0.3) is 0 Å². The van der Waals surface area contributed by atoms with Crippen molar-refractivity contribution in [3.63, 3.8) is 0 Å². The Morgan fingerprint density at radius 3 is 2.81 bits per heavy atom. The smallest absolute Gasteiger partial charge is 0.122 e. The van der Waals surface area contributed by atoms with Crippen LogP contribution in [0.25, 0.3) is 11.3 Å². The summed E-state index contributed by atoms with van der Waals surface area (Å²) in [6.45, 7) is 0. The van der Waals surface area contributed by atoms with Crippen LogP contribution in [0.4, 0.5) is 0 Å². The molecule has 4 heteroatoms. The van der Waals surface area contributed by atoms with E-state index in [4.69, 9.17) is 9.72 Å². The Labute approximate surface area is 136 Å². The average molecular weight is 360 g/mol. The van der Waals surface area contributed by atoms with Crippen LogP contribution in [0.3, 0.4) is 0 Å². The van der Waals surface area contributed by atoms with Gasteiger partial charge in [-0.3, -0.25) is 0 Å². The number of ether oxygens (including phenoxy) is 1. The highest BCUT2D eigenvalue weighted by Crippen LogP contribution is 2.27. The Balaban J connectivity index is 1.85. The maximum Gasteiger partial charge on any atom is 0.122 e. The van der Waals surface area contributed by atoms with E-state index in [0.29, 0.717) is 0 Å². The molecule has 0 bridgehead atoms. The van der Waals surface area contributed by atoms with Crippen molar-refractivity contribution in [1.82, 2.24) is 4.98 Å². The van der Waals surface area contributed by atoms with E-state index in [1.54, 1.807) is 18.4 Å². The Bertz CT molecular complexity index is 754. The van der Waals surface area contributed by atoms with Crippen molar-refractivity contribution in [3.05, 3.63) is 69.0 Å². The number of benzene rings is 2. The van der Waals surface area contributed by atoms with Crippen molar-refractivity contribution in [1.29, 1.82) is 0 Å². The number of hydrogen-bond acceptors (Lipinski definition) is 3. The number of methoxy groups -OCH3 is 1. The van der Waals surface area contributed by atoms with Gasteiger partial charge in [-0.15, -0.1) is 11.3 Å². The molecule has 0 atom stereocenters. The van der Waals surface area contributed by atoms with Gasteiger partial charge in [0.2, 0.25) is 0 Å². The molecule has 0 aliphatic rings. The third-order valence-corrected chi connectivity index (χ3v) is 4.55. The van der Waals surface area contributed by atoms with Crippen LogP contribution in [0.15, 0.2) is 58.4 Å². The van der Waals surface area contributed by atoms with Gasteiger partial charge in [-0.05, 0) is 18.2 Å². The lowest BCUT2D eigenvalue weighted by molar-refractivity contribution is 0.410. The molecule has 0 aliphatic heterocycles. The second kappa shape index (κ2) is 6.41. The minimum Gasteiger partial charge on any atom is -0.496 e. The number of thiazole rings is 1. The highest BCUT2D eigenvalue weighted by Gasteiger charge is 2.08. The molecule has 0 N–H and O–H groups in total. The van der Waals surface area contributed by atoms with Crippen LogP contribution in [-0.2, 0) is 6.42 Å². The van der Waals surface area contributed by atoms with Crippen LogP contribution < -0.4 is 4.74 Å². The minimum atomic E-state index is 0.794. The van der Waals surface area contributed by atoms with E-state index in [1.165, 1.54) is 0 Å². The van der Waals surface area contributed by atoms with Crippen molar-refractivity contribution in [2.45, 2.75) is 6.42 Å². The number of aromatic nitrogens is 1. The van der Waals surface area contributed by atoms with Crippen LogP contribution in [0, 0.1) is 0 Å². The molecule has 0 radical (unpaired) electrons. The van der Waals surface area contributed by atoms with Gasteiger partial charge in [0, 0.05) is 27.4 Å². The van der Waals surface area contributed by atoms with Crippen molar-refractivity contribution in [2.24, 2.45) is 0 Å². The van der Waals surface area contributed by atoms with E-state index in [9.17, 15) is 0 Å². The lowest BCUT2D eigenvalue weighted by Gasteiger charge is -2.05. The lowest BCUT2D eigenvalue weighted by atomic mass is 10.1. The Morgan fingerprint density at radius 1 is 1.14 bits per heavy atom. The van der Waals surface area contributed by atoms with Crippen LogP contribution in [0.2, 0.25) is 0 Å². The second-order valence-corrected chi connectivity index (χ2v) is 6.48. The number of rotatable bonds is 4. The first-order valence-corrected chi connectivity index (χ1v) is 8.26. The summed E-state index contributed by atoms with van der Waals surface area (Å²) in [5, 5.41) is 3.20. The van der Waals surface area contributed by atoms with Gasteiger partial charge in [0.15, 0.2) is 0 Å². The average Bonchev–Trinajstić information content (AvgIpc) is 2.96. The summed E-state index contributed by atoms with van der Waals surface area (Å²) in [4.78, 5) is 4.73. The van der Waals surface area contributed by atoms with Gasteiger partial charge in [-0.25, -0.2) is 4.98 Å². The summed E-state index contributed by atoms with van der Waals surface area (Å²) in [5.74, 6) is 0.914. The Hall–Kier alpha value is -1.65. The molecule has 1 aromatic heterocycles. The molecule has 106 valence electrons. The largest absolute Gasteiger partial charge is 0.496 e. The molecule has 0 unspecified atom stereocenters. The van der Waals surface area contributed by atoms with Crippen LogP contribution in [0.1, 0.15) is 10.6 Å². The highest BCUT2D eigenvalue weighted by atomic mass is 79.9. The maximum atomic E-state index is 5.40. The molecule has 0 saturated carbocycles. The normalized spacial score (nSPS) is 10.6. The first-order chi connectivity index (χ1) is 10.3. The zero-order chi connectivity index (χ0) is 14.7. The van der Waals surface area contributed by atoms with Crippen molar-refractivity contribution < 1.29 is 4.74 Å². The van der Waals surface area contributed by atoms with E-state index in [2.05, 4.69) is 39.5 Å². The number of para-hydroxylation sites is 1. The topological polar surface area (TPSA) is 22.1 Å². The van der Waals surface area contributed by atoms with Crippen LogP contribution >= 0.6 is 27.3 Å². The molecule has 2 nitrogen and oxygen atoms in total. The Morgan fingerprint density at radius 2 is 2.00 bits per heavy atom. The molecule has 2 aromatic carbocycles. The number of nitrogens with zero attached hydrogens (tertiary/aromatic N) is 1. The summed E-state index contributed by atoms with van der Waals surface area (Å²) in [6, 6.07) is 16.3. The zero-order valence-corrected chi connectivity index (χ0v) is 13.9. The zero-order valence-electron chi connectivity index (χ0n) is 11.5. The predicted octanol–water partition coefficient (Wildman–Crippen LogP) is 5.17. The van der Waals surface area contributed by atoms with E-state index in [-0.39, 0.29) is 0 Å². The molecule has 0 saturated heterocycles.